The predicted octanol–water partition coefficient (Wildman–Crippen LogP) is 2.59. The lowest BCUT2D eigenvalue weighted by molar-refractivity contribution is -0.119. The first kappa shape index (κ1) is 9.38. The molecule has 2 rings (SSSR count). The highest BCUT2D eigenvalue weighted by atomic mass is 19.1. The largest absolute Gasteiger partial charge is 0.299 e. The zero-order valence-corrected chi connectivity index (χ0v) is 8.16. The summed E-state index contributed by atoms with van der Waals surface area (Å²) in [6.07, 6.45) is 1.23. The van der Waals surface area contributed by atoms with Crippen molar-refractivity contribution < 1.29 is 9.18 Å². The number of carbonyl (C=O) groups excluding carboxylic acids is 1. The Balaban J connectivity index is 2.04. The molecule has 0 amide bonds. The van der Waals surface area contributed by atoms with Gasteiger partial charge < -0.3 is 0 Å². The quantitative estimate of drug-likeness (QED) is 0.719. The molecule has 1 nitrogen and oxygen atoms in total. The van der Waals surface area contributed by atoms with E-state index >= 15 is 0 Å². The highest BCUT2D eigenvalue weighted by molar-refractivity contribution is 5.85. The van der Waals surface area contributed by atoms with Crippen molar-refractivity contribution in [2.45, 2.75) is 19.8 Å². The van der Waals surface area contributed by atoms with Crippen LogP contribution in [0.25, 0.3) is 0 Å². The normalized spacial score (nSPS) is 24.7. The number of halogens is 1. The van der Waals surface area contributed by atoms with E-state index < -0.39 is 0 Å². The number of carbonyl (C=O) groups is 1. The first-order valence-corrected chi connectivity index (χ1v) is 4.94. The van der Waals surface area contributed by atoms with Crippen LogP contribution in [0.4, 0.5) is 4.39 Å². The maximum Gasteiger partial charge on any atom is 0.140 e. The van der Waals surface area contributed by atoms with E-state index in [-0.39, 0.29) is 23.9 Å². The molecule has 0 spiro atoms. The maximum atomic E-state index is 13.2. The second kappa shape index (κ2) is 3.52. The molecule has 1 fully saturated rings. The SMILES string of the molecule is CC1CC1C(=O)Cc1ccccc1F. The third-order valence-corrected chi connectivity index (χ3v) is 2.85. The molecule has 14 heavy (non-hydrogen) atoms. The zero-order chi connectivity index (χ0) is 10.1. The molecule has 2 unspecified atom stereocenters. The molecule has 1 aromatic carbocycles. The summed E-state index contributed by atoms with van der Waals surface area (Å²) < 4.78 is 13.2. The fraction of sp³-hybridized carbons (Fsp3) is 0.417. The zero-order valence-electron chi connectivity index (χ0n) is 8.16. The minimum Gasteiger partial charge on any atom is -0.299 e. The smallest absolute Gasteiger partial charge is 0.140 e. The molecule has 0 aliphatic heterocycles. The van der Waals surface area contributed by atoms with Crippen molar-refractivity contribution in [2.24, 2.45) is 11.8 Å². The maximum absolute atomic E-state index is 13.2. The van der Waals surface area contributed by atoms with Gasteiger partial charge in [-0.25, -0.2) is 4.39 Å². The Morgan fingerprint density at radius 3 is 2.71 bits per heavy atom. The summed E-state index contributed by atoms with van der Waals surface area (Å²) in [5, 5.41) is 0. The van der Waals surface area contributed by atoms with Gasteiger partial charge in [0.25, 0.3) is 0 Å². The summed E-state index contributed by atoms with van der Waals surface area (Å²) >= 11 is 0. The first-order chi connectivity index (χ1) is 6.68. The van der Waals surface area contributed by atoms with Crippen LogP contribution in [0.1, 0.15) is 18.9 Å². The minimum atomic E-state index is -0.269. The minimum absolute atomic E-state index is 0.183. The average Bonchev–Trinajstić information content (AvgIpc) is 2.87. The number of hydrogen-bond donors (Lipinski definition) is 0. The summed E-state index contributed by atoms with van der Waals surface area (Å²) in [5.74, 6) is 0.612. The second-order valence-corrected chi connectivity index (χ2v) is 4.05. The molecule has 74 valence electrons. The van der Waals surface area contributed by atoms with Crippen molar-refractivity contribution >= 4 is 5.78 Å². The van der Waals surface area contributed by atoms with Crippen LogP contribution in [0.3, 0.4) is 0 Å². The van der Waals surface area contributed by atoms with Crippen molar-refractivity contribution in [1.29, 1.82) is 0 Å². The highest BCUT2D eigenvalue weighted by Crippen LogP contribution is 2.39. The van der Waals surface area contributed by atoms with E-state index in [0.717, 1.165) is 6.42 Å². The van der Waals surface area contributed by atoms with E-state index in [1.165, 1.54) is 6.07 Å². The van der Waals surface area contributed by atoms with Gasteiger partial charge in [-0.2, -0.15) is 0 Å². The van der Waals surface area contributed by atoms with Crippen molar-refractivity contribution in [2.75, 3.05) is 0 Å². The lowest BCUT2D eigenvalue weighted by Gasteiger charge is -2.01. The Kier molecular flexibility index (Phi) is 2.36. The third kappa shape index (κ3) is 1.84. The van der Waals surface area contributed by atoms with Gasteiger partial charge >= 0.3 is 0 Å². The molecule has 0 saturated heterocycles. The number of benzene rings is 1. The summed E-state index contributed by atoms with van der Waals surface area (Å²) in [6.45, 7) is 2.06. The molecule has 2 atom stereocenters. The van der Waals surface area contributed by atoms with Crippen LogP contribution in [-0.4, -0.2) is 5.78 Å². The Morgan fingerprint density at radius 1 is 1.50 bits per heavy atom. The van der Waals surface area contributed by atoms with Crippen LogP contribution >= 0.6 is 0 Å². The third-order valence-electron chi connectivity index (χ3n) is 2.85. The van der Waals surface area contributed by atoms with E-state index in [0.29, 0.717) is 11.5 Å². The molecule has 0 radical (unpaired) electrons. The van der Waals surface area contributed by atoms with Gasteiger partial charge in [0, 0.05) is 12.3 Å². The fourth-order valence-electron chi connectivity index (χ4n) is 1.73. The first-order valence-electron chi connectivity index (χ1n) is 4.94. The van der Waals surface area contributed by atoms with Crippen LogP contribution in [-0.2, 0) is 11.2 Å². The van der Waals surface area contributed by atoms with Crippen molar-refractivity contribution in [3.05, 3.63) is 35.6 Å². The number of Topliss-reactive ketones (excluding diaryl/α,β-unsaturated/α-hetero) is 1. The summed E-state index contributed by atoms with van der Waals surface area (Å²) in [4.78, 5) is 11.6. The molecule has 2 heteroatoms. The molecule has 0 bridgehead atoms. The van der Waals surface area contributed by atoms with Gasteiger partial charge in [-0.15, -0.1) is 0 Å². The summed E-state index contributed by atoms with van der Waals surface area (Å²) in [5.41, 5.74) is 0.525. The topological polar surface area (TPSA) is 17.1 Å². The van der Waals surface area contributed by atoms with E-state index in [1.54, 1.807) is 18.2 Å². The van der Waals surface area contributed by atoms with Gasteiger partial charge in [-0.1, -0.05) is 25.1 Å². The van der Waals surface area contributed by atoms with E-state index in [9.17, 15) is 9.18 Å². The van der Waals surface area contributed by atoms with Crippen LogP contribution in [0, 0.1) is 17.7 Å². The molecule has 1 aliphatic carbocycles. The fourth-order valence-corrected chi connectivity index (χ4v) is 1.73. The van der Waals surface area contributed by atoms with E-state index in [4.69, 9.17) is 0 Å². The molecule has 1 saturated carbocycles. The molecular weight excluding hydrogens is 179 g/mol. The number of rotatable bonds is 3. The second-order valence-electron chi connectivity index (χ2n) is 4.05. The summed E-state index contributed by atoms with van der Waals surface area (Å²) in [6, 6.07) is 6.49. The lowest BCUT2D eigenvalue weighted by Crippen LogP contribution is -2.07. The van der Waals surface area contributed by atoms with Crippen LogP contribution < -0.4 is 0 Å². The van der Waals surface area contributed by atoms with Gasteiger partial charge in [-0.3, -0.25) is 4.79 Å². The monoisotopic (exact) mass is 192 g/mol. The van der Waals surface area contributed by atoms with Crippen LogP contribution in [0.5, 0.6) is 0 Å². The molecule has 0 aromatic heterocycles. The highest BCUT2D eigenvalue weighted by Gasteiger charge is 2.38. The standard InChI is InChI=1S/C12H13FO/c1-8-6-10(8)12(14)7-9-4-2-3-5-11(9)13/h2-5,8,10H,6-7H2,1H3. The van der Waals surface area contributed by atoms with Gasteiger partial charge in [-0.05, 0) is 24.0 Å². The molecule has 1 aromatic rings. The molecule has 0 heterocycles. The van der Waals surface area contributed by atoms with E-state index in [2.05, 4.69) is 6.92 Å². The molecule has 0 N–H and O–H groups in total. The van der Waals surface area contributed by atoms with Gasteiger partial charge in [0.2, 0.25) is 0 Å². The predicted molar refractivity (Wildman–Crippen MR) is 52.4 cm³/mol. The average molecular weight is 192 g/mol. The lowest BCUT2D eigenvalue weighted by atomic mass is 10.1. The Bertz CT molecular complexity index is 359. The van der Waals surface area contributed by atoms with Crippen LogP contribution in [0.15, 0.2) is 24.3 Å². The van der Waals surface area contributed by atoms with Crippen molar-refractivity contribution in [1.82, 2.24) is 0 Å². The van der Waals surface area contributed by atoms with E-state index in [1.807, 2.05) is 0 Å². The van der Waals surface area contributed by atoms with Crippen molar-refractivity contribution in [3.63, 3.8) is 0 Å². The number of hydrogen-bond acceptors (Lipinski definition) is 1. The van der Waals surface area contributed by atoms with Gasteiger partial charge in [0.15, 0.2) is 0 Å². The number of ketones is 1. The molecular formula is C12H13FO. The Labute approximate surface area is 82.9 Å². The van der Waals surface area contributed by atoms with Crippen LogP contribution in [0.2, 0.25) is 0 Å². The summed E-state index contributed by atoms with van der Waals surface area (Å²) in [7, 11) is 0. The molecule has 1 aliphatic rings. The van der Waals surface area contributed by atoms with Gasteiger partial charge in [0.05, 0.1) is 0 Å². The Morgan fingerprint density at radius 2 is 2.14 bits per heavy atom. The van der Waals surface area contributed by atoms with Crippen molar-refractivity contribution in [3.8, 4) is 0 Å². The Hall–Kier alpha value is -1.18. The van der Waals surface area contributed by atoms with Gasteiger partial charge in [0.1, 0.15) is 11.6 Å².